The van der Waals surface area contributed by atoms with E-state index in [1.165, 1.54) is 0 Å². The van der Waals surface area contributed by atoms with Crippen molar-refractivity contribution < 1.29 is 14.6 Å². The van der Waals surface area contributed by atoms with E-state index in [4.69, 9.17) is 4.74 Å². The minimum atomic E-state index is -0.944. The quantitative estimate of drug-likeness (QED) is 0.720. The summed E-state index contributed by atoms with van der Waals surface area (Å²) in [5, 5.41) is 10.7. The molecule has 3 aromatic carbocycles. The molecule has 4 heteroatoms. The Hall–Kier alpha value is -2.33. The maximum Gasteiger partial charge on any atom is 0.336 e. The summed E-state index contributed by atoms with van der Waals surface area (Å²) in [4.78, 5) is 11.3. The standard InChI is InChI=1S/C17H11BrO3/c18-11-4-3-5-12(10-11)21-16-9-8-15(17(19)20)13-6-1-2-7-14(13)16/h1-10H,(H,19,20). The SMILES string of the molecule is O=C(O)c1ccc(Oc2cccc(Br)c2)c2ccccc12. The van der Waals surface area contributed by atoms with Crippen LogP contribution in [0.5, 0.6) is 11.5 Å². The molecule has 0 saturated carbocycles. The Kier molecular flexibility index (Phi) is 3.62. The predicted molar refractivity (Wildman–Crippen MR) is 85.1 cm³/mol. The molecular formula is C17H11BrO3. The molecule has 0 saturated heterocycles. The highest BCUT2D eigenvalue weighted by molar-refractivity contribution is 9.10. The number of hydrogen-bond acceptors (Lipinski definition) is 2. The summed E-state index contributed by atoms with van der Waals surface area (Å²) in [5.74, 6) is 0.381. The maximum absolute atomic E-state index is 11.3. The van der Waals surface area contributed by atoms with Crippen molar-refractivity contribution in [2.75, 3.05) is 0 Å². The lowest BCUT2D eigenvalue weighted by atomic mass is 10.0. The second-order valence-corrected chi connectivity index (χ2v) is 5.44. The van der Waals surface area contributed by atoms with Crippen LogP contribution >= 0.6 is 15.9 Å². The number of rotatable bonds is 3. The highest BCUT2D eigenvalue weighted by Gasteiger charge is 2.12. The first-order chi connectivity index (χ1) is 10.1. The number of carboxylic acids is 1. The van der Waals surface area contributed by atoms with Gasteiger partial charge >= 0.3 is 5.97 Å². The van der Waals surface area contributed by atoms with Crippen LogP contribution in [0.1, 0.15) is 10.4 Å². The minimum Gasteiger partial charge on any atom is -0.478 e. The van der Waals surface area contributed by atoms with Crippen LogP contribution in [0.25, 0.3) is 10.8 Å². The normalized spacial score (nSPS) is 10.5. The zero-order valence-electron chi connectivity index (χ0n) is 10.9. The van der Waals surface area contributed by atoms with E-state index in [9.17, 15) is 9.90 Å². The van der Waals surface area contributed by atoms with Gasteiger partial charge in [0.15, 0.2) is 0 Å². The van der Waals surface area contributed by atoms with Gasteiger partial charge in [-0.2, -0.15) is 0 Å². The van der Waals surface area contributed by atoms with Gasteiger partial charge in [-0.15, -0.1) is 0 Å². The van der Waals surface area contributed by atoms with E-state index in [2.05, 4.69) is 15.9 Å². The summed E-state index contributed by atoms with van der Waals surface area (Å²) in [6, 6.07) is 18.1. The topological polar surface area (TPSA) is 46.5 Å². The van der Waals surface area contributed by atoms with E-state index in [-0.39, 0.29) is 5.56 Å². The van der Waals surface area contributed by atoms with Crippen LogP contribution in [-0.2, 0) is 0 Å². The van der Waals surface area contributed by atoms with Gasteiger partial charge in [0.05, 0.1) is 5.56 Å². The molecule has 0 spiro atoms. The second kappa shape index (κ2) is 5.58. The molecule has 0 fully saturated rings. The van der Waals surface area contributed by atoms with Crippen molar-refractivity contribution in [1.29, 1.82) is 0 Å². The van der Waals surface area contributed by atoms with Crippen molar-refractivity contribution in [3.63, 3.8) is 0 Å². The number of carboxylic acid groups (broad SMARTS) is 1. The number of aromatic carboxylic acids is 1. The molecular weight excluding hydrogens is 332 g/mol. The molecule has 21 heavy (non-hydrogen) atoms. The molecule has 0 aliphatic carbocycles. The van der Waals surface area contributed by atoms with Gasteiger partial charge in [-0.1, -0.05) is 46.3 Å². The fourth-order valence-corrected chi connectivity index (χ4v) is 2.58. The Balaban J connectivity index is 2.12. The Morgan fingerprint density at radius 2 is 1.71 bits per heavy atom. The van der Waals surface area contributed by atoms with Crippen molar-refractivity contribution in [3.8, 4) is 11.5 Å². The highest BCUT2D eigenvalue weighted by Crippen LogP contribution is 2.32. The van der Waals surface area contributed by atoms with Crippen LogP contribution < -0.4 is 4.74 Å². The lowest BCUT2D eigenvalue weighted by molar-refractivity contribution is 0.0699. The molecule has 3 aromatic rings. The Bertz CT molecular complexity index is 827. The average Bonchev–Trinajstić information content (AvgIpc) is 2.47. The van der Waals surface area contributed by atoms with Gasteiger partial charge in [0.2, 0.25) is 0 Å². The molecule has 0 aliphatic rings. The van der Waals surface area contributed by atoms with E-state index in [0.29, 0.717) is 16.9 Å². The largest absolute Gasteiger partial charge is 0.478 e. The van der Waals surface area contributed by atoms with E-state index in [0.717, 1.165) is 9.86 Å². The fraction of sp³-hybridized carbons (Fsp3) is 0. The monoisotopic (exact) mass is 342 g/mol. The number of fused-ring (bicyclic) bond motifs is 1. The zero-order valence-corrected chi connectivity index (χ0v) is 12.5. The molecule has 0 aromatic heterocycles. The number of carbonyl (C=O) groups is 1. The number of benzene rings is 3. The molecule has 0 atom stereocenters. The minimum absolute atomic E-state index is 0.271. The number of ether oxygens (including phenoxy) is 1. The molecule has 0 unspecified atom stereocenters. The van der Waals surface area contributed by atoms with Gasteiger partial charge in [-0.25, -0.2) is 4.79 Å². The molecule has 0 heterocycles. The van der Waals surface area contributed by atoms with Gasteiger partial charge < -0.3 is 9.84 Å². The van der Waals surface area contributed by atoms with Gasteiger partial charge in [0.25, 0.3) is 0 Å². The summed E-state index contributed by atoms with van der Waals surface area (Å²) >= 11 is 3.40. The number of halogens is 1. The first-order valence-electron chi connectivity index (χ1n) is 6.33. The molecule has 0 bridgehead atoms. The van der Waals surface area contributed by atoms with Crippen LogP contribution in [0.4, 0.5) is 0 Å². The summed E-state index contributed by atoms with van der Waals surface area (Å²) in [5.41, 5.74) is 0.271. The van der Waals surface area contributed by atoms with Crippen LogP contribution in [-0.4, -0.2) is 11.1 Å². The van der Waals surface area contributed by atoms with Gasteiger partial charge in [0, 0.05) is 9.86 Å². The van der Waals surface area contributed by atoms with Crippen LogP contribution in [0.15, 0.2) is 65.1 Å². The molecule has 0 radical (unpaired) electrons. The van der Waals surface area contributed by atoms with E-state index >= 15 is 0 Å². The molecule has 104 valence electrons. The predicted octanol–water partition coefficient (Wildman–Crippen LogP) is 5.09. The smallest absolute Gasteiger partial charge is 0.336 e. The summed E-state index contributed by atoms with van der Waals surface area (Å²) in [7, 11) is 0. The highest BCUT2D eigenvalue weighted by atomic mass is 79.9. The summed E-state index contributed by atoms with van der Waals surface area (Å²) < 4.78 is 6.81. The van der Waals surface area contributed by atoms with E-state index in [1.807, 2.05) is 42.5 Å². The average molecular weight is 343 g/mol. The second-order valence-electron chi connectivity index (χ2n) is 4.52. The first-order valence-corrected chi connectivity index (χ1v) is 7.13. The van der Waals surface area contributed by atoms with Crippen LogP contribution in [0.2, 0.25) is 0 Å². The van der Waals surface area contributed by atoms with Crippen molar-refractivity contribution in [2.45, 2.75) is 0 Å². The van der Waals surface area contributed by atoms with Crippen molar-refractivity contribution in [2.24, 2.45) is 0 Å². The van der Waals surface area contributed by atoms with Crippen LogP contribution in [0, 0.1) is 0 Å². The molecule has 3 nitrogen and oxygen atoms in total. The van der Waals surface area contributed by atoms with Gasteiger partial charge in [-0.3, -0.25) is 0 Å². The van der Waals surface area contributed by atoms with E-state index in [1.54, 1.807) is 18.2 Å². The third kappa shape index (κ3) is 2.76. The van der Waals surface area contributed by atoms with Crippen molar-refractivity contribution in [1.82, 2.24) is 0 Å². The Labute approximate surface area is 129 Å². The number of hydrogen-bond donors (Lipinski definition) is 1. The third-order valence-corrected chi connectivity index (χ3v) is 3.63. The lowest BCUT2D eigenvalue weighted by Gasteiger charge is -2.11. The molecule has 0 aliphatic heterocycles. The first kappa shape index (κ1) is 13.6. The molecule has 0 amide bonds. The maximum atomic E-state index is 11.3. The van der Waals surface area contributed by atoms with Crippen molar-refractivity contribution >= 4 is 32.7 Å². The van der Waals surface area contributed by atoms with Crippen LogP contribution in [0.3, 0.4) is 0 Å². The van der Waals surface area contributed by atoms with E-state index < -0.39 is 5.97 Å². The van der Waals surface area contributed by atoms with Crippen molar-refractivity contribution in [3.05, 3.63) is 70.7 Å². The zero-order chi connectivity index (χ0) is 14.8. The lowest BCUT2D eigenvalue weighted by Crippen LogP contribution is -1.98. The Morgan fingerprint density at radius 1 is 0.952 bits per heavy atom. The summed E-state index contributed by atoms with van der Waals surface area (Å²) in [6.07, 6.45) is 0. The Morgan fingerprint density at radius 3 is 2.43 bits per heavy atom. The molecule has 3 rings (SSSR count). The fourth-order valence-electron chi connectivity index (χ4n) is 2.20. The van der Waals surface area contributed by atoms with Gasteiger partial charge in [0.1, 0.15) is 11.5 Å². The molecule has 1 N–H and O–H groups in total. The van der Waals surface area contributed by atoms with Gasteiger partial charge in [-0.05, 0) is 35.7 Å². The third-order valence-electron chi connectivity index (χ3n) is 3.14. The summed E-state index contributed by atoms with van der Waals surface area (Å²) in [6.45, 7) is 0.